The van der Waals surface area contributed by atoms with Crippen LogP contribution in [0.25, 0.3) is 5.65 Å². The van der Waals surface area contributed by atoms with Crippen molar-refractivity contribution in [1.29, 1.82) is 0 Å². The van der Waals surface area contributed by atoms with Gasteiger partial charge in [0.15, 0.2) is 0 Å². The number of rotatable bonds is 5. The lowest BCUT2D eigenvalue weighted by atomic mass is 10.3. The van der Waals surface area contributed by atoms with Crippen LogP contribution in [0.5, 0.6) is 0 Å². The summed E-state index contributed by atoms with van der Waals surface area (Å²) in [5.74, 6) is 0. The summed E-state index contributed by atoms with van der Waals surface area (Å²) in [6.45, 7) is 7.72. The molecule has 0 aliphatic heterocycles. The zero-order chi connectivity index (χ0) is 12.3. The molecule has 0 aliphatic rings. The molecular formula is C13H20N4. The van der Waals surface area contributed by atoms with Gasteiger partial charge in [0.2, 0.25) is 0 Å². The molecule has 0 aliphatic carbocycles. The largest absolute Gasteiger partial charge is 0.329 e. The van der Waals surface area contributed by atoms with Gasteiger partial charge in [0.05, 0.1) is 5.69 Å². The van der Waals surface area contributed by atoms with E-state index in [1.54, 1.807) is 0 Å². The third-order valence-corrected chi connectivity index (χ3v) is 3.01. The van der Waals surface area contributed by atoms with Crippen molar-refractivity contribution in [2.45, 2.75) is 20.4 Å². The number of hydrogen-bond acceptors (Lipinski definition) is 3. The zero-order valence-corrected chi connectivity index (χ0v) is 10.6. The van der Waals surface area contributed by atoms with E-state index in [1.165, 1.54) is 5.56 Å². The van der Waals surface area contributed by atoms with Gasteiger partial charge in [0, 0.05) is 32.0 Å². The van der Waals surface area contributed by atoms with Crippen LogP contribution < -0.4 is 5.73 Å². The molecule has 0 spiro atoms. The van der Waals surface area contributed by atoms with Gasteiger partial charge in [0.25, 0.3) is 0 Å². The number of nitrogens with two attached hydrogens (primary N) is 1. The highest BCUT2D eigenvalue weighted by atomic mass is 15.1. The van der Waals surface area contributed by atoms with Crippen molar-refractivity contribution in [3.05, 3.63) is 35.8 Å². The Morgan fingerprint density at radius 3 is 2.94 bits per heavy atom. The fourth-order valence-electron chi connectivity index (χ4n) is 2.04. The predicted octanol–water partition coefficient (Wildman–Crippen LogP) is 1.42. The molecule has 0 saturated carbocycles. The first kappa shape index (κ1) is 12.1. The fraction of sp³-hybridized carbons (Fsp3) is 0.462. The third kappa shape index (κ3) is 2.65. The van der Waals surface area contributed by atoms with E-state index in [1.807, 2.05) is 12.3 Å². The maximum atomic E-state index is 5.59. The van der Waals surface area contributed by atoms with Gasteiger partial charge in [-0.05, 0) is 25.1 Å². The van der Waals surface area contributed by atoms with Gasteiger partial charge in [0.1, 0.15) is 5.65 Å². The smallest absolute Gasteiger partial charge is 0.139 e. The second kappa shape index (κ2) is 5.29. The Morgan fingerprint density at radius 1 is 1.47 bits per heavy atom. The fourth-order valence-corrected chi connectivity index (χ4v) is 2.04. The van der Waals surface area contributed by atoms with Crippen molar-refractivity contribution in [1.82, 2.24) is 14.3 Å². The molecule has 2 heterocycles. The predicted molar refractivity (Wildman–Crippen MR) is 69.9 cm³/mol. The van der Waals surface area contributed by atoms with E-state index in [0.717, 1.165) is 31.0 Å². The summed E-state index contributed by atoms with van der Waals surface area (Å²) in [6, 6.07) is 4.13. The first-order valence-electron chi connectivity index (χ1n) is 6.10. The molecule has 0 saturated heterocycles. The number of nitrogens with zero attached hydrogens (tertiary/aromatic N) is 3. The van der Waals surface area contributed by atoms with Crippen molar-refractivity contribution >= 4 is 5.65 Å². The molecule has 0 bridgehead atoms. The molecule has 2 aromatic heterocycles. The lowest BCUT2D eigenvalue weighted by Gasteiger charge is -2.17. The second-order valence-corrected chi connectivity index (χ2v) is 4.31. The van der Waals surface area contributed by atoms with Gasteiger partial charge >= 0.3 is 0 Å². The zero-order valence-electron chi connectivity index (χ0n) is 10.6. The average Bonchev–Trinajstić information content (AvgIpc) is 2.72. The highest BCUT2D eigenvalue weighted by Gasteiger charge is 2.07. The molecule has 0 aromatic carbocycles. The minimum absolute atomic E-state index is 0.695. The van der Waals surface area contributed by atoms with Crippen LogP contribution in [0.1, 0.15) is 18.2 Å². The van der Waals surface area contributed by atoms with Crippen LogP contribution in [0.3, 0.4) is 0 Å². The number of fused-ring (bicyclic) bond motifs is 1. The van der Waals surface area contributed by atoms with Crippen molar-refractivity contribution in [2.24, 2.45) is 5.73 Å². The van der Waals surface area contributed by atoms with Gasteiger partial charge in [-0.3, -0.25) is 4.90 Å². The Morgan fingerprint density at radius 2 is 2.29 bits per heavy atom. The summed E-state index contributed by atoms with van der Waals surface area (Å²) in [5.41, 5.74) is 8.95. The highest BCUT2D eigenvalue weighted by molar-refractivity contribution is 5.47. The van der Waals surface area contributed by atoms with E-state index < -0.39 is 0 Å². The van der Waals surface area contributed by atoms with E-state index in [2.05, 4.69) is 40.4 Å². The lowest BCUT2D eigenvalue weighted by Crippen LogP contribution is -2.28. The van der Waals surface area contributed by atoms with E-state index in [-0.39, 0.29) is 0 Å². The maximum Gasteiger partial charge on any atom is 0.139 e. The molecule has 0 atom stereocenters. The first-order valence-corrected chi connectivity index (χ1v) is 6.10. The lowest BCUT2D eigenvalue weighted by molar-refractivity contribution is 0.285. The van der Waals surface area contributed by atoms with E-state index in [4.69, 9.17) is 5.73 Å². The molecule has 0 unspecified atom stereocenters. The number of pyridine rings is 1. The van der Waals surface area contributed by atoms with E-state index >= 15 is 0 Å². The van der Waals surface area contributed by atoms with Crippen molar-refractivity contribution in [2.75, 3.05) is 19.6 Å². The topological polar surface area (TPSA) is 46.6 Å². The van der Waals surface area contributed by atoms with E-state index in [0.29, 0.717) is 6.54 Å². The van der Waals surface area contributed by atoms with Gasteiger partial charge < -0.3 is 10.1 Å². The minimum Gasteiger partial charge on any atom is -0.329 e. The molecule has 0 fully saturated rings. The summed E-state index contributed by atoms with van der Waals surface area (Å²) in [5, 5.41) is 0. The highest BCUT2D eigenvalue weighted by Crippen LogP contribution is 2.11. The molecule has 2 aromatic rings. The summed E-state index contributed by atoms with van der Waals surface area (Å²) in [7, 11) is 0. The average molecular weight is 232 g/mol. The summed E-state index contributed by atoms with van der Waals surface area (Å²) in [6.07, 6.45) is 4.14. The Balaban J connectivity index is 2.21. The molecule has 0 radical (unpaired) electrons. The Kier molecular flexibility index (Phi) is 3.76. The summed E-state index contributed by atoms with van der Waals surface area (Å²) >= 11 is 0. The normalized spacial score (nSPS) is 11.5. The molecule has 92 valence electrons. The SMILES string of the molecule is CCN(CCN)Cc1cn2cccc(C)c2n1. The molecule has 4 nitrogen and oxygen atoms in total. The van der Waals surface area contributed by atoms with Gasteiger partial charge in [-0.25, -0.2) is 4.98 Å². The van der Waals surface area contributed by atoms with Gasteiger partial charge in [-0.15, -0.1) is 0 Å². The Hall–Kier alpha value is -1.39. The van der Waals surface area contributed by atoms with Crippen molar-refractivity contribution in [3.8, 4) is 0 Å². The van der Waals surface area contributed by atoms with Crippen LogP contribution in [0.2, 0.25) is 0 Å². The standard InChI is InChI=1S/C13H20N4/c1-3-16(8-6-14)9-12-10-17-7-4-5-11(2)13(17)15-12/h4-5,7,10H,3,6,8-9,14H2,1-2H3. The number of aryl methyl sites for hydroxylation is 1. The van der Waals surface area contributed by atoms with Crippen LogP contribution in [-0.2, 0) is 6.54 Å². The quantitative estimate of drug-likeness (QED) is 0.848. The number of hydrogen-bond donors (Lipinski definition) is 1. The monoisotopic (exact) mass is 232 g/mol. The van der Waals surface area contributed by atoms with Gasteiger partial charge in [-0.2, -0.15) is 0 Å². The molecule has 17 heavy (non-hydrogen) atoms. The van der Waals surface area contributed by atoms with Gasteiger partial charge in [-0.1, -0.05) is 13.0 Å². The van der Waals surface area contributed by atoms with Crippen LogP contribution >= 0.6 is 0 Å². The molecule has 0 amide bonds. The summed E-state index contributed by atoms with van der Waals surface area (Å²) < 4.78 is 2.08. The molecule has 4 heteroatoms. The van der Waals surface area contributed by atoms with Crippen LogP contribution in [-0.4, -0.2) is 33.9 Å². The third-order valence-electron chi connectivity index (χ3n) is 3.01. The molecule has 2 rings (SSSR count). The van der Waals surface area contributed by atoms with Crippen LogP contribution in [0.4, 0.5) is 0 Å². The number of aromatic nitrogens is 2. The molecular weight excluding hydrogens is 212 g/mol. The van der Waals surface area contributed by atoms with Crippen molar-refractivity contribution in [3.63, 3.8) is 0 Å². The maximum absolute atomic E-state index is 5.59. The number of imidazole rings is 1. The Labute approximate surface area is 102 Å². The van der Waals surface area contributed by atoms with Crippen molar-refractivity contribution < 1.29 is 0 Å². The molecule has 2 N–H and O–H groups in total. The minimum atomic E-state index is 0.695. The first-order chi connectivity index (χ1) is 8.24. The number of likely N-dealkylation sites (N-methyl/N-ethyl adjacent to an activating group) is 1. The van der Waals surface area contributed by atoms with Crippen LogP contribution in [0, 0.1) is 6.92 Å². The van der Waals surface area contributed by atoms with Crippen LogP contribution in [0.15, 0.2) is 24.5 Å². The summed E-state index contributed by atoms with van der Waals surface area (Å²) in [4.78, 5) is 6.97. The van der Waals surface area contributed by atoms with E-state index in [9.17, 15) is 0 Å². The second-order valence-electron chi connectivity index (χ2n) is 4.31. The Bertz CT molecular complexity index is 489.